The van der Waals surface area contributed by atoms with E-state index in [1.54, 1.807) is 4.90 Å². The number of amides is 1. The molecule has 0 radical (unpaired) electrons. The molecule has 5 nitrogen and oxygen atoms in total. The molecule has 1 saturated heterocycles. The smallest absolute Gasteiger partial charge is 0.409 e. The molecule has 1 aliphatic rings. The molecule has 1 fully saturated rings. The van der Waals surface area contributed by atoms with E-state index >= 15 is 0 Å². The summed E-state index contributed by atoms with van der Waals surface area (Å²) in [6.07, 6.45) is 0.621. The van der Waals surface area contributed by atoms with Crippen LogP contribution in [0.1, 0.15) is 18.1 Å². The number of hydrogen-bond donors (Lipinski definition) is 1. The number of ether oxygens (including phenoxy) is 2. The molecular weight excluding hydrogens is 328 g/mol. The Labute approximate surface area is 154 Å². The van der Waals surface area contributed by atoms with E-state index in [0.29, 0.717) is 32.8 Å². The first kappa shape index (κ1) is 18.3. The van der Waals surface area contributed by atoms with Crippen LogP contribution in [0.4, 0.5) is 4.79 Å². The number of nitrogens with two attached hydrogens (primary N) is 1. The minimum atomic E-state index is -0.244. The number of hydrogen-bond acceptors (Lipinski definition) is 4. The van der Waals surface area contributed by atoms with Crippen molar-refractivity contribution in [3.63, 3.8) is 0 Å². The normalized spacial score (nSPS) is 15.2. The Morgan fingerprint density at radius 2 is 1.92 bits per heavy atom. The van der Waals surface area contributed by atoms with Crippen molar-refractivity contribution in [3.8, 4) is 5.75 Å². The van der Waals surface area contributed by atoms with Crippen LogP contribution in [-0.2, 0) is 16.6 Å². The summed E-state index contributed by atoms with van der Waals surface area (Å²) in [7, 11) is 0. The quantitative estimate of drug-likeness (QED) is 0.830. The third kappa shape index (κ3) is 3.99. The third-order valence-corrected chi connectivity index (χ3v) is 4.73. The number of nitrogens with zero attached hydrogens (tertiary/aromatic N) is 1. The van der Waals surface area contributed by atoms with Crippen LogP contribution in [0.15, 0.2) is 54.6 Å². The molecule has 2 aromatic rings. The fraction of sp³-hybridized carbons (Fsp3) is 0.381. The zero-order valence-electron chi connectivity index (χ0n) is 15.2. The van der Waals surface area contributed by atoms with Crippen molar-refractivity contribution in [3.05, 3.63) is 65.7 Å². The monoisotopic (exact) mass is 354 g/mol. The van der Waals surface area contributed by atoms with Gasteiger partial charge >= 0.3 is 6.09 Å². The summed E-state index contributed by atoms with van der Waals surface area (Å²) in [5.41, 5.74) is 7.84. The lowest BCUT2D eigenvalue weighted by atomic mass is 9.69. The third-order valence-electron chi connectivity index (χ3n) is 4.73. The first-order chi connectivity index (χ1) is 12.7. The summed E-state index contributed by atoms with van der Waals surface area (Å²) in [6.45, 7) is 4.47. The summed E-state index contributed by atoms with van der Waals surface area (Å²) >= 11 is 0. The summed E-state index contributed by atoms with van der Waals surface area (Å²) < 4.78 is 10.8. The van der Waals surface area contributed by atoms with Gasteiger partial charge in [-0.05, 0) is 36.6 Å². The number of likely N-dealkylation sites (tertiary alicyclic amines) is 1. The molecule has 2 N–H and O–H groups in total. The molecule has 3 rings (SSSR count). The average molecular weight is 354 g/mol. The van der Waals surface area contributed by atoms with Crippen LogP contribution in [0.5, 0.6) is 5.75 Å². The van der Waals surface area contributed by atoms with Gasteiger partial charge in [0.15, 0.2) is 0 Å². The summed E-state index contributed by atoms with van der Waals surface area (Å²) in [5, 5.41) is 0. The first-order valence-corrected chi connectivity index (χ1v) is 9.06. The van der Waals surface area contributed by atoms with Crippen molar-refractivity contribution < 1.29 is 14.3 Å². The van der Waals surface area contributed by atoms with E-state index in [0.717, 1.165) is 12.2 Å². The Bertz CT molecular complexity index is 727. The molecule has 2 aromatic carbocycles. The minimum Gasteiger partial charge on any atom is -0.492 e. The molecule has 0 spiro atoms. The van der Waals surface area contributed by atoms with Gasteiger partial charge in [0.25, 0.3) is 0 Å². The number of benzene rings is 2. The summed E-state index contributed by atoms with van der Waals surface area (Å²) in [5.74, 6) is 0.815. The zero-order valence-corrected chi connectivity index (χ0v) is 15.2. The molecule has 26 heavy (non-hydrogen) atoms. The SMILES string of the molecule is CCOC(=O)N1CC(Cc2ccccc2)(c2cccc(OCCN)c2)C1. The van der Waals surface area contributed by atoms with Crippen LogP contribution in [-0.4, -0.2) is 43.8 Å². The summed E-state index contributed by atoms with van der Waals surface area (Å²) in [6, 6.07) is 18.5. The van der Waals surface area contributed by atoms with Crippen molar-refractivity contribution in [1.29, 1.82) is 0 Å². The van der Waals surface area contributed by atoms with Gasteiger partial charge in [-0.3, -0.25) is 0 Å². The molecule has 0 unspecified atom stereocenters. The van der Waals surface area contributed by atoms with Gasteiger partial charge in [0.2, 0.25) is 0 Å². The van der Waals surface area contributed by atoms with Crippen LogP contribution in [0, 0.1) is 0 Å². The maximum atomic E-state index is 12.1. The highest BCUT2D eigenvalue weighted by molar-refractivity contribution is 5.70. The molecule has 1 heterocycles. The average Bonchev–Trinajstić information content (AvgIpc) is 2.64. The minimum absolute atomic E-state index is 0.129. The molecule has 5 heteroatoms. The number of carbonyl (C=O) groups is 1. The van der Waals surface area contributed by atoms with E-state index < -0.39 is 0 Å². The molecule has 1 amide bonds. The Balaban J connectivity index is 1.83. The maximum Gasteiger partial charge on any atom is 0.409 e. The lowest BCUT2D eigenvalue weighted by Gasteiger charge is -2.50. The highest BCUT2D eigenvalue weighted by atomic mass is 16.6. The van der Waals surface area contributed by atoms with Crippen molar-refractivity contribution in [2.24, 2.45) is 5.73 Å². The van der Waals surface area contributed by atoms with E-state index in [1.807, 2.05) is 37.3 Å². The van der Waals surface area contributed by atoms with E-state index in [1.165, 1.54) is 11.1 Å². The molecular formula is C21H26N2O3. The van der Waals surface area contributed by atoms with E-state index in [2.05, 4.69) is 24.3 Å². The van der Waals surface area contributed by atoms with Gasteiger partial charge in [-0.2, -0.15) is 0 Å². The molecule has 0 aromatic heterocycles. The lowest BCUT2D eigenvalue weighted by molar-refractivity contribution is 0.0392. The second-order valence-electron chi connectivity index (χ2n) is 6.66. The van der Waals surface area contributed by atoms with E-state index in [4.69, 9.17) is 15.2 Å². The molecule has 138 valence electrons. The van der Waals surface area contributed by atoms with Gasteiger partial charge < -0.3 is 20.1 Å². The second kappa shape index (κ2) is 8.23. The van der Waals surface area contributed by atoms with Crippen LogP contribution < -0.4 is 10.5 Å². The largest absolute Gasteiger partial charge is 0.492 e. The standard InChI is InChI=1S/C21H26N2O3/c1-2-25-20(24)23-15-21(16-23,14-17-7-4-3-5-8-17)18-9-6-10-19(13-18)26-12-11-22/h3-10,13H,2,11-12,14-16,22H2,1H3. The Morgan fingerprint density at radius 1 is 1.15 bits per heavy atom. The second-order valence-corrected chi connectivity index (χ2v) is 6.66. The fourth-order valence-electron chi connectivity index (χ4n) is 3.50. The van der Waals surface area contributed by atoms with Crippen LogP contribution in [0.2, 0.25) is 0 Å². The van der Waals surface area contributed by atoms with Gasteiger partial charge in [0, 0.05) is 25.0 Å². The van der Waals surface area contributed by atoms with E-state index in [9.17, 15) is 4.79 Å². The zero-order chi connectivity index (χ0) is 18.4. The molecule has 0 saturated carbocycles. The van der Waals surface area contributed by atoms with Gasteiger partial charge in [-0.15, -0.1) is 0 Å². The predicted molar refractivity (Wildman–Crippen MR) is 101 cm³/mol. The number of rotatable bonds is 7. The van der Waals surface area contributed by atoms with Crippen molar-refractivity contribution in [2.75, 3.05) is 32.8 Å². The van der Waals surface area contributed by atoms with Crippen LogP contribution >= 0.6 is 0 Å². The van der Waals surface area contributed by atoms with Crippen LogP contribution in [0.3, 0.4) is 0 Å². The Morgan fingerprint density at radius 3 is 2.62 bits per heavy atom. The molecule has 0 aliphatic carbocycles. The van der Waals surface area contributed by atoms with Gasteiger partial charge in [-0.1, -0.05) is 42.5 Å². The maximum absolute atomic E-state index is 12.1. The highest BCUT2D eigenvalue weighted by Crippen LogP contribution is 2.39. The Hall–Kier alpha value is -2.53. The number of carbonyl (C=O) groups excluding carboxylic acids is 1. The first-order valence-electron chi connectivity index (χ1n) is 9.06. The Kier molecular flexibility index (Phi) is 5.78. The van der Waals surface area contributed by atoms with Crippen molar-refractivity contribution in [2.45, 2.75) is 18.8 Å². The topological polar surface area (TPSA) is 64.8 Å². The highest BCUT2D eigenvalue weighted by Gasteiger charge is 2.47. The fourth-order valence-corrected chi connectivity index (χ4v) is 3.50. The van der Waals surface area contributed by atoms with Gasteiger partial charge in [0.05, 0.1) is 6.61 Å². The predicted octanol–water partition coefficient (Wildman–Crippen LogP) is 2.98. The van der Waals surface area contributed by atoms with Crippen molar-refractivity contribution in [1.82, 2.24) is 4.90 Å². The van der Waals surface area contributed by atoms with E-state index in [-0.39, 0.29) is 11.5 Å². The molecule has 0 atom stereocenters. The van der Waals surface area contributed by atoms with Crippen molar-refractivity contribution >= 4 is 6.09 Å². The summed E-state index contributed by atoms with van der Waals surface area (Å²) in [4.78, 5) is 13.8. The van der Waals surface area contributed by atoms with Gasteiger partial charge in [-0.25, -0.2) is 4.79 Å². The van der Waals surface area contributed by atoms with Gasteiger partial charge in [0.1, 0.15) is 12.4 Å². The molecule has 0 bridgehead atoms. The van der Waals surface area contributed by atoms with Crippen LogP contribution in [0.25, 0.3) is 0 Å². The lowest BCUT2D eigenvalue weighted by Crippen LogP contribution is -2.62. The molecule has 1 aliphatic heterocycles.